The van der Waals surface area contributed by atoms with Gasteiger partial charge >= 0.3 is 0 Å². The summed E-state index contributed by atoms with van der Waals surface area (Å²) in [6.45, 7) is 3.91. The first-order valence-corrected chi connectivity index (χ1v) is 7.78. The van der Waals surface area contributed by atoms with Crippen LogP contribution in [0.5, 0.6) is 0 Å². The molecule has 0 fully saturated rings. The Balaban J connectivity index is 2.07. The zero-order chi connectivity index (χ0) is 15.7. The molecule has 0 saturated carbocycles. The van der Waals surface area contributed by atoms with Gasteiger partial charge in [-0.15, -0.1) is 0 Å². The first-order chi connectivity index (χ1) is 10.5. The second kappa shape index (κ2) is 5.89. The average molecular weight is 355 g/mol. The number of hydrogen-bond acceptors (Lipinski definition) is 2. The van der Waals surface area contributed by atoms with Gasteiger partial charge in [0, 0.05) is 15.6 Å². The molecule has 110 valence electrons. The number of aromatic nitrogens is 1. The van der Waals surface area contributed by atoms with Crippen molar-refractivity contribution in [3.8, 4) is 0 Å². The van der Waals surface area contributed by atoms with Gasteiger partial charge in [-0.05, 0) is 60.1 Å². The summed E-state index contributed by atoms with van der Waals surface area (Å²) in [4.78, 5) is 17.2. The lowest BCUT2D eigenvalue weighted by atomic mass is 10.0. The van der Waals surface area contributed by atoms with E-state index < -0.39 is 0 Å². The molecule has 2 aromatic carbocycles. The Morgan fingerprint density at radius 1 is 1.09 bits per heavy atom. The number of carbonyl (C=O) groups is 1. The fourth-order valence-electron chi connectivity index (χ4n) is 2.41. The fourth-order valence-corrected chi connectivity index (χ4v) is 2.80. The number of hydrogen-bond donors (Lipinski definition) is 1. The lowest BCUT2D eigenvalue weighted by Crippen LogP contribution is -2.13. The molecule has 0 spiro atoms. The van der Waals surface area contributed by atoms with E-state index in [1.165, 1.54) is 0 Å². The predicted molar refractivity (Wildman–Crippen MR) is 93.3 cm³/mol. The molecule has 1 aromatic heterocycles. The molecule has 0 bridgehead atoms. The van der Waals surface area contributed by atoms with Crippen LogP contribution in [0.15, 0.2) is 53.0 Å². The summed E-state index contributed by atoms with van der Waals surface area (Å²) in [5.74, 6) is -0.131. The third-order valence-corrected chi connectivity index (χ3v) is 4.15. The van der Waals surface area contributed by atoms with Gasteiger partial charge in [0.1, 0.15) is 0 Å². The van der Waals surface area contributed by atoms with Crippen molar-refractivity contribution in [2.24, 2.45) is 0 Å². The van der Waals surface area contributed by atoms with Crippen molar-refractivity contribution < 1.29 is 4.79 Å². The molecule has 1 heterocycles. The Labute approximate surface area is 137 Å². The standard InChI is InChI=1S/C18H15BrN2O/c1-11-7-8-16-13(9-11)14(10-12(2)20-16)18(22)21-17-6-4-3-5-15(17)19/h3-10H,1-2H3,(H,21,22). The molecule has 0 unspecified atom stereocenters. The molecule has 22 heavy (non-hydrogen) atoms. The summed E-state index contributed by atoms with van der Waals surface area (Å²) < 4.78 is 0.856. The summed E-state index contributed by atoms with van der Waals surface area (Å²) in [5, 5.41) is 3.82. The van der Waals surface area contributed by atoms with Crippen molar-refractivity contribution in [2.75, 3.05) is 5.32 Å². The van der Waals surface area contributed by atoms with Crippen LogP contribution >= 0.6 is 15.9 Å². The largest absolute Gasteiger partial charge is 0.321 e. The zero-order valence-electron chi connectivity index (χ0n) is 12.4. The number of para-hydroxylation sites is 1. The van der Waals surface area contributed by atoms with Gasteiger partial charge in [0.25, 0.3) is 5.91 Å². The third kappa shape index (κ3) is 2.88. The Bertz CT molecular complexity index is 874. The van der Waals surface area contributed by atoms with Gasteiger partial charge < -0.3 is 5.32 Å². The van der Waals surface area contributed by atoms with Gasteiger partial charge in [-0.2, -0.15) is 0 Å². The summed E-state index contributed by atoms with van der Waals surface area (Å²) in [7, 11) is 0. The SMILES string of the molecule is Cc1ccc2nc(C)cc(C(=O)Nc3ccccc3Br)c2c1. The highest BCUT2D eigenvalue weighted by molar-refractivity contribution is 9.10. The number of benzene rings is 2. The van der Waals surface area contributed by atoms with E-state index in [0.29, 0.717) is 5.56 Å². The van der Waals surface area contributed by atoms with Crippen LogP contribution in [0, 0.1) is 13.8 Å². The Morgan fingerprint density at radius 2 is 1.86 bits per heavy atom. The number of nitrogens with zero attached hydrogens (tertiary/aromatic N) is 1. The van der Waals surface area contributed by atoms with Gasteiger partial charge in [-0.1, -0.05) is 23.8 Å². The van der Waals surface area contributed by atoms with Crippen molar-refractivity contribution in [3.63, 3.8) is 0 Å². The maximum absolute atomic E-state index is 12.7. The highest BCUT2D eigenvalue weighted by atomic mass is 79.9. The van der Waals surface area contributed by atoms with E-state index in [9.17, 15) is 4.79 Å². The van der Waals surface area contributed by atoms with Crippen molar-refractivity contribution >= 4 is 38.4 Å². The van der Waals surface area contributed by atoms with Gasteiger partial charge in [-0.25, -0.2) is 0 Å². The number of aryl methyl sites for hydroxylation is 2. The van der Waals surface area contributed by atoms with E-state index in [4.69, 9.17) is 0 Å². The quantitative estimate of drug-likeness (QED) is 0.713. The second-order valence-corrected chi connectivity index (χ2v) is 6.12. The Hall–Kier alpha value is -2.20. The van der Waals surface area contributed by atoms with Crippen LogP contribution in [0.25, 0.3) is 10.9 Å². The number of pyridine rings is 1. The van der Waals surface area contributed by atoms with Crippen molar-refractivity contribution in [3.05, 3.63) is 69.8 Å². The van der Waals surface area contributed by atoms with E-state index in [2.05, 4.69) is 26.2 Å². The maximum Gasteiger partial charge on any atom is 0.256 e. The van der Waals surface area contributed by atoms with E-state index in [1.807, 2.05) is 62.4 Å². The highest BCUT2D eigenvalue weighted by Gasteiger charge is 2.13. The number of fused-ring (bicyclic) bond motifs is 1. The molecule has 0 radical (unpaired) electrons. The van der Waals surface area contributed by atoms with E-state index in [1.54, 1.807) is 0 Å². The third-order valence-electron chi connectivity index (χ3n) is 3.46. The lowest BCUT2D eigenvalue weighted by molar-refractivity contribution is 0.102. The van der Waals surface area contributed by atoms with Gasteiger partial charge in [0.2, 0.25) is 0 Å². The van der Waals surface area contributed by atoms with E-state index in [0.717, 1.165) is 32.3 Å². The van der Waals surface area contributed by atoms with Crippen LogP contribution in [0.4, 0.5) is 5.69 Å². The minimum Gasteiger partial charge on any atom is -0.321 e. The zero-order valence-corrected chi connectivity index (χ0v) is 13.9. The number of carbonyl (C=O) groups excluding carboxylic acids is 1. The topological polar surface area (TPSA) is 42.0 Å². The molecule has 0 saturated heterocycles. The number of amides is 1. The molecule has 3 aromatic rings. The van der Waals surface area contributed by atoms with E-state index in [-0.39, 0.29) is 5.91 Å². The summed E-state index contributed by atoms with van der Waals surface area (Å²) in [5.41, 5.74) is 4.16. The molecule has 1 amide bonds. The molecule has 0 aliphatic heterocycles. The molecular weight excluding hydrogens is 340 g/mol. The minimum absolute atomic E-state index is 0.131. The number of anilines is 1. The molecule has 0 atom stereocenters. The number of rotatable bonds is 2. The van der Waals surface area contributed by atoms with Gasteiger partial charge in [0.15, 0.2) is 0 Å². The van der Waals surface area contributed by atoms with Crippen LogP contribution in [-0.2, 0) is 0 Å². The molecule has 3 rings (SSSR count). The minimum atomic E-state index is -0.131. The summed E-state index contributed by atoms with van der Waals surface area (Å²) in [6.07, 6.45) is 0. The monoisotopic (exact) mass is 354 g/mol. The smallest absolute Gasteiger partial charge is 0.256 e. The highest BCUT2D eigenvalue weighted by Crippen LogP contribution is 2.24. The first-order valence-electron chi connectivity index (χ1n) is 6.98. The summed E-state index contributed by atoms with van der Waals surface area (Å²) in [6, 6.07) is 15.3. The predicted octanol–water partition coefficient (Wildman–Crippen LogP) is 4.87. The van der Waals surface area contributed by atoms with Crippen LogP contribution in [-0.4, -0.2) is 10.9 Å². The normalized spacial score (nSPS) is 10.7. The van der Waals surface area contributed by atoms with Crippen molar-refractivity contribution in [2.45, 2.75) is 13.8 Å². The number of halogens is 1. The Morgan fingerprint density at radius 3 is 2.64 bits per heavy atom. The van der Waals surface area contributed by atoms with Crippen LogP contribution in [0.1, 0.15) is 21.6 Å². The molecule has 4 heteroatoms. The molecule has 3 nitrogen and oxygen atoms in total. The fraction of sp³-hybridized carbons (Fsp3) is 0.111. The van der Waals surface area contributed by atoms with Gasteiger partial charge in [-0.3, -0.25) is 9.78 Å². The number of nitrogens with one attached hydrogen (secondary N) is 1. The Kier molecular flexibility index (Phi) is 3.94. The van der Waals surface area contributed by atoms with Crippen LogP contribution < -0.4 is 5.32 Å². The lowest BCUT2D eigenvalue weighted by Gasteiger charge is -2.10. The second-order valence-electron chi connectivity index (χ2n) is 5.27. The van der Waals surface area contributed by atoms with Crippen LogP contribution in [0.3, 0.4) is 0 Å². The van der Waals surface area contributed by atoms with Crippen molar-refractivity contribution in [1.29, 1.82) is 0 Å². The van der Waals surface area contributed by atoms with Crippen molar-refractivity contribution in [1.82, 2.24) is 4.98 Å². The average Bonchev–Trinajstić information content (AvgIpc) is 2.49. The van der Waals surface area contributed by atoms with Gasteiger partial charge in [0.05, 0.1) is 16.8 Å². The molecule has 0 aliphatic carbocycles. The van der Waals surface area contributed by atoms with E-state index >= 15 is 0 Å². The maximum atomic E-state index is 12.7. The molecule has 0 aliphatic rings. The van der Waals surface area contributed by atoms with Crippen LogP contribution in [0.2, 0.25) is 0 Å². The molecule has 1 N–H and O–H groups in total. The first kappa shape index (κ1) is 14.7. The summed E-state index contributed by atoms with van der Waals surface area (Å²) >= 11 is 3.45. The molecular formula is C18H15BrN2O.